The predicted octanol–water partition coefficient (Wildman–Crippen LogP) is 2.45. The molecule has 0 radical (unpaired) electrons. The zero-order chi connectivity index (χ0) is 11.8. The number of hydrogen-bond acceptors (Lipinski definition) is 3. The number of esters is 1. The Morgan fingerprint density at radius 1 is 1.38 bits per heavy atom. The molecule has 16 heavy (non-hydrogen) atoms. The molecule has 1 aliphatic rings. The summed E-state index contributed by atoms with van der Waals surface area (Å²) in [5.41, 5.74) is -0.428. The van der Waals surface area contributed by atoms with Gasteiger partial charge in [0.05, 0.1) is 10.9 Å². The van der Waals surface area contributed by atoms with Crippen LogP contribution in [0.4, 0.5) is 0 Å². The van der Waals surface area contributed by atoms with Crippen molar-refractivity contribution in [3.8, 4) is 0 Å². The van der Waals surface area contributed by atoms with Crippen LogP contribution in [-0.2, 0) is 9.53 Å². The van der Waals surface area contributed by atoms with E-state index in [4.69, 9.17) is 4.74 Å². The Labute approximate surface area is 102 Å². The Morgan fingerprint density at radius 2 is 2.00 bits per heavy atom. The van der Waals surface area contributed by atoms with Crippen LogP contribution in [0.1, 0.15) is 18.9 Å². The molecule has 0 spiro atoms. The molecule has 1 aromatic carbocycles. The van der Waals surface area contributed by atoms with Crippen LogP contribution in [0.2, 0.25) is 0 Å². The Hall–Kier alpha value is -1.13. The van der Waals surface area contributed by atoms with Crippen molar-refractivity contribution in [2.45, 2.75) is 18.9 Å². The van der Waals surface area contributed by atoms with E-state index in [9.17, 15) is 9.90 Å². The number of ether oxygens (including phenoxy) is 1. The first-order valence-electron chi connectivity index (χ1n) is 4.89. The summed E-state index contributed by atoms with van der Waals surface area (Å²) >= 11 is 3.29. The van der Waals surface area contributed by atoms with Crippen LogP contribution in [0.5, 0.6) is 0 Å². The SMILES string of the molecule is CC1(O)CC(=O)OC(c2ccccc2)=C1Br. The van der Waals surface area contributed by atoms with Gasteiger partial charge >= 0.3 is 5.97 Å². The smallest absolute Gasteiger partial charge is 0.314 e. The molecule has 0 amide bonds. The van der Waals surface area contributed by atoms with E-state index in [1.54, 1.807) is 6.92 Å². The van der Waals surface area contributed by atoms with Gasteiger partial charge in [0, 0.05) is 5.56 Å². The van der Waals surface area contributed by atoms with Gasteiger partial charge in [0.15, 0.2) is 5.76 Å². The maximum Gasteiger partial charge on any atom is 0.314 e. The van der Waals surface area contributed by atoms with Gasteiger partial charge in [-0.1, -0.05) is 30.3 Å². The molecular weight excluding hydrogens is 272 g/mol. The maximum absolute atomic E-state index is 11.4. The van der Waals surface area contributed by atoms with E-state index in [0.29, 0.717) is 10.2 Å². The van der Waals surface area contributed by atoms with Crippen LogP contribution in [0.3, 0.4) is 0 Å². The van der Waals surface area contributed by atoms with Crippen LogP contribution in [0, 0.1) is 0 Å². The number of benzene rings is 1. The molecule has 1 heterocycles. The molecule has 1 aromatic rings. The molecule has 4 heteroatoms. The monoisotopic (exact) mass is 282 g/mol. The summed E-state index contributed by atoms with van der Waals surface area (Å²) in [6, 6.07) is 9.22. The summed E-state index contributed by atoms with van der Waals surface area (Å²) in [6.07, 6.45) is -0.0378. The summed E-state index contributed by atoms with van der Waals surface area (Å²) in [5.74, 6) is -0.0334. The van der Waals surface area contributed by atoms with E-state index < -0.39 is 11.6 Å². The second kappa shape index (κ2) is 4.03. The van der Waals surface area contributed by atoms with Gasteiger partial charge in [-0.2, -0.15) is 0 Å². The average Bonchev–Trinajstić information content (AvgIpc) is 2.24. The molecule has 1 unspecified atom stereocenters. The standard InChI is InChI=1S/C12H11BrO3/c1-12(15)7-9(14)16-10(11(12)13)8-5-3-2-4-6-8/h2-6,15H,7H2,1H3. The zero-order valence-corrected chi connectivity index (χ0v) is 10.3. The van der Waals surface area contributed by atoms with Gasteiger partial charge in [0.2, 0.25) is 0 Å². The van der Waals surface area contributed by atoms with Gasteiger partial charge in [0.1, 0.15) is 5.60 Å². The van der Waals surface area contributed by atoms with Gasteiger partial charge in [-0.3, -0.25) is 4.79 Å². The minimum Gasteiger partial charge on any atom is -0.425 e. The highest BCUT2D eigenvalue weighted by Crippen LogP contribution is 2.38. The lowest BCUT2D eigenvalue weighted by Gasteiger charge is -2.29. The van der Waals surface area contributed by atoms with Crippen LogP contribution < -0.4 is 0 Å². The molecule has 1 atom stereocenters. The van der Waals surface area contributed by atoms with Crippen LogP contribution in [-0.4, -0.2) is 16.7 Å². The minimum absolute atomic E-state index is 0.0378. The van der Waals surface area contributed by atoms with Crippen molar-refractivity contribution in [2.24, 2.45) is 0 Å². The topological polar surface area (TPSA) is 46.5 Å². The van der Waals surface area contributed by atoms with Crippen LogP contribution in [0.25, 0.3) is 5.76 Å². The predicted molar refractivity (Wildman–Crippen MR) is 63.6 cm³/mol. The molecule has 84 valence electrons. The van der Waals surface area contributed by atoms with Crippen LogP contribution in [0.15, 0.2) is 34.8 Å². The van der Waals surface area contributed by atoms with Gasteiger partial charge in [-0.25, -0.2) is 0 Å². The highest BCUT2D eigenvalue weighted by Gasteiger charge is 2.37. The van der Waals surface area contributed by atoms with Gasteiger partial charge in [-0.15, -0.1) is 0 Å². The molecule has 0 saturated heterocycles. The number of carbonyl (C=O) groups is 1. The highest BCUT2D eigenvalue weighted by atomic mass is 79.9. The molecule has 0 aliphatic carbocycles. The van der Waals surface area contributed by atoms with Crippen molar-refractivity contribution in [2.75, 3.05) is 0 Å². The third-order valence-corrected chi connectivity index (χ3v) is 3.63. The Kier molecular flexibility index (Phi) is 2.86. The van der Waals surface area contributed by atoms with Crippen LogP contribution >= 0.6 is 15.9 Å². The van der Waals surface area contributed by atoms with Gasteiger partial charge in [0.25, 0.3) is 0 Å². The second-order valence-corrected chi connectivity index (χ2v) is 4.73. The maximum atomic E-state index is 11.4. The van der Waals surface area contributed by atoms with Crippen molar-refractivity contribution in [1.82, 2.24) is 0 Å². The fourth-order valence-corrected chi connectivity index (χ4v) is 2.02. The third-order valence-electron chi connectivity index (χ3n) is 2.41. The van der Waals surface area contributed by atoms with E-state index in [1.807, 2.05) is 30.3 Å². The number of aliphatic hydroxyl groups is 1. The van der Waals surface area contributed by atoms with E-state index in [0.717, 1.165) is 5.56 Å². The van der Waals surface area contributed by atoms with Crippen molar-refractivity contribution < 1.29 is 14.6 Å². The number of cyclic esters (lactones) is 1. The average molecular weight is 283 g/mol. The molecule has 1 aliphatic heterocycles. The summed E-state index contributed by atoms with van der Waals surface area (Å²) < 4.78 is 5.66. The number of halogens is 1. The quantitative estimate of drug-likeness (QED) is 0.805. The first-order chi connectivity index (χ1) is 7.50. The zero-order valence-electron chi connectivity index (χ0n) is 8.74. The van der Waals surface area contributed by atoms with Gasteiger partial charge < -0.3 is 9.84 Å². The number of hydrogen-bond donors (Lipinski definition) is 1. The normalized spacial score (nSPS) is 25.6. The third kappa shape index (κ3) is 2.03. The Morgan fingerprint density at radius 3 is 2.62 bits per heavy atom. The second-order valence-electron chi connectivity index (χ2n) is 3.93. The first-order valence-corrected chi connectivity index (χ1v) is 5.69. The lowest BCUT2D eigenvalue weighted by Crippen LogP contribution is -2.34. The Bertz CT molecular complexity index is 449. The van der Waals surface area contributed by atoms with Crippen molar-refractivity contribution in [1.29, 1.82) is 0 Å². The van der Waals surface area contributed by atoms with E-state index in [2.05, 4.69) is 15.9 Å². The molecule has 1 N–H and O–H groups in total. The van der Waals surface area contributed by atoms with E-state index in [1.165, 1.54) is 0 Å². The fraction of sp³-hybridized carbons (Fsp3) is 0.250. The molecule has 2 rings (SSSR count). The number of carbonyl (C=O) groups excluding carboxylic acids is 1. The largest absolute Gasteiger partial charge is 0.425 e. The first kappa shape index (κ1) is 11.4. The fourth-order valence-electron chi connectivity index (χ4n) is 1.57. The summed E-state index contributed by atoms with van der Waals surface area (Å²) in [5, 5.41) is 10.0. The lowest BCUT2D eigenvalue weighted by molar-refractivity contribution is -0.142. The van der Waals surface area contributed by atoms with Gasteiger partial charge in [-0.05, 0) is 22.9 Å². The lowest BCUT2D eigenvalue weighted by atomic mass is 9.97. The van der Waals surface area contributed by atoms with Crippen molar-refractivity contribution >= 4 is 27.7 Å². The summed E-state index contributed by atoms with van der Waals surface area (Å²) in [7, 11) is 0. The van der Waals surface area contributed by atoms with Crippen molar-refractivity contribution in [3.05, 3.63) is 40.4 Å². The summed E-state index contributed by atoms with van der Waals surface area (Å²) in [4.78, 5) is 11.4. The van der Waals surface area contributed by atoms with E-state index >= 15 is 0 Å². The molecule has 0 fully saturated rings. The minimum atomic E-state index is -1.19. The summed E-state index contributed by atoms with van der Waals surface area (Å²) in [6.45, 7) is 1.58. The van der Waals surface area contributed by atoms with Crippen molar-refractivity contribution in [3.63, 3.8) is 0 Å². The molecule has 0 saturated carbocycles. The molecular formula is C12H11BrO3. The highest BCUT2D eigenvalue weighted by molar-refractivity contribution is 9.12. The Balaban J connectivity index is 2.51. The number of rotatable bonds is 1. The molecule has 3 nitrogen and oxygen atoms in total. The molecule has 0 aromatic heterocycles. The molecule has 0 bridgehead atoms. The van der Waals surface area contributed by atoms with E-state index in [-0.39, 0.29) is 6.42 Å².